The lowest BCUT2D eigenvalue weighted by Crippen LogP contribution is -2.15. The number of ether oxygens (including phenoxy) is 1. The zero-order valence-electron chi connectivity index (χ0n) is 10.6. The molecular formula is C12H21N3O. The molecule has 90 valence electrons. The van der Waals surface area contributed by atoms with Gasteiger partial charge in [-0.2, -0.15) is 4.98 Å². The summed E-state index contributed by atoms with van der Waals surface area (Å²) in [6, 6.07) is 2.27. The maximum atomic E-state index is 5.41. The highest BCUT2D eigenvalue weighted by Crippen LogP contribution is 2.15. The third-order valence-corrected chi connectivity index (χ3v) is 2.36. The first-order valence-electron chi connectivity index (χ1n) is 5.96. The zero-order valence-corrected chi connectivity index (χ0v) is 10.6. The Bertz CT molecular complexity index is 328. The van der Waals surface area contributed by atoms with Gasteiger partial charge in [-0.1, -0.05) is 13.8 Å². The maximum absolute atomic E-state index is 5.41. The lowest BCUT2D eigenvalue weighted by atomic mass is 10.2. The minimum absolute atomic E-state index is 0.411. The van der Waals surface area contributed by atoms with E-state index in [9.17, 15) is 0 Å². The first-order chi connectivity index (χ1) is 7.69. The van der Waals surface area contributed by atoms with Gasteiger partial charge in [0.15, 0.2) is 0 Å². The minimum atomic E-state index is 0.411. The summed E-state index contributed by atoms with van der Waals surface area (Å²) in [5.74, 6) is 2.32. The molecule has 1 heterocycles. The molecule has 0 aromatic carbocycles. The van der Waals surface area contributed by atoms with E-state index in [0.717, 1.165) is 24.5 Å². The SMILES string of the molecule is CCOc1cc(NC(C)CC)nc(CC)n1. The van der Waals surface area contributed by atoms with Crippen LogP contribution in [0.15, 0.2) is 6.07 Å². The predicted molar refractivity (Wildman–Crippen MR) is 66.0 cm³/mol. The van der Waals surface area contributed by atoms with Crippen LogP contribution in [0.5, 0.6) is 5.88 Å². The summed E-state index contributed by atoms with van der Waals surface area (Å²) in [7, 11) is 0. The van der Waals surface area contributed by atoms with Crippen LogP contribution in [0.2, 0.25) is 0 Å². The van der Waals surface area contributed by atoms with Crippen LogP contribution in [-0.2, 0) is 6.42 Å². The topological polar surface area (TPSA) is 47.0 Å². The van der Waals surface area contributed by atoms with Gasteiger partial charge in [0, 0.05) is 18.5 Å². The number of hydrogen-bond donors (Lipinski definition) is 1. The number of aromatic nitrogens is 2. The van der Waals surface area contributed by atoms with Crippen molar-refractivity contribution in [3.8, 4) is 5.88 Å². The van der Waals surface area contributed by atoms with Gasteiger partial charge < -0.3 is 10.1 Å². The van der Waals surface area contributed by atoms with E-state index in [0.29, 0.717) is 18.5 Å². The van der Waals surface area contributed by atoms with Gasteiger partial charge in [0.1, 0.15) is 11.6 Å². The highest BCUT2D eigenvalue weighted by molar-refractivity contribution is 5.39. The fourth-order valence-electron chi connectivity index (χ4n) is 1.28. The summed E-state index contributed by atoms with van der Waals surface area (Å²) >= 11 is 0. The van der Waals surface area contributed by atoms with E-state index >= 15 is 0 Å². The normalized spacial score (nSPS) is 12.2. The molecule has 16 heavy (non-hydrogen) atoms. The lowest BCUT2D eigenvalue weighted by molar-refractivity contribution is 0.325. The van der Waals surface area contributed by atoms with E-state index in [-0.39, 0.29) is 0 Å². The molecule has 0 aliphatic heterocycles. The standard InChI is InChI=1S/C12H21N3O/c1-5-9(4)13-11-8-12(16-7-3)15-10(6-2)14-11/h8-9H,5-7H2,1-4H3,(H,13,14,15). The van der Waals surface area contributed by atoms with Crippen molar-refractivity contribution in [3.05, 3.63) is 11.9 Å². The van der Waals surface area contributed by atoms with Crippen molar-refractivity contribution in [1.29, 1.82) is 0 Å². The molecule has 1 rings (SSSR count). The number of aryl methyl sites for hydroxylation is 1. The van der Waals surface area contributed by atoms with Crippen LogP contribution in [0.25, 0.3) is 0 Å². The van der Waals surface area contributed by atoms with Gasteiger partial charge >= 0.3 is 0 Å². The number of hydrogen-bond acceptors (Lipinski definition) is 4. The van der Waals surface area contributed by atoms with Crippen molar-refractivity contribution in [2.45, 2.75) is 46.6 Å². The Morgan fingerprint density at radius 1 is 1.31 bits per heavy atom. The van der Waals surface area contributed by atoms with Crippen molar-refractivity contribution < 1.29 is 4.74 Å². The Kier molecular flexibility index (Phi) is 5.02. The van der Waals surface area contributed by atoms with Gasteiger partial charge in [0.05, 0.1) is 6.61 Å². The van der Waals surface area contributed by atoms with Crippen molar-refractivity contribution in [2.75, 3.05) is 11.9 Å². The fraction of sp³-hybridized carbons (Fsp3) is 0.667. The van der Waals surface area contributed by atoms with Crippen molar-refractivity contribution in [2.24, 2.45) is 0 Å². The maximum Gasteiger partial charge on any atom is 0.218 e. The van der Waals surface area contributed by atoms with Crippen LogP contribution in [0.1, 0.15) is 39.9 Å². The molecule has 4 nitrogen and oxygen atoms in total. The Morgan fingerprint density at radius 3 is 2.62 bits per heavy atom. The third kappa shape index (κ3) is 3.68. The molecule has 0 amide bonds. The van der Waals surface area contributed by atoms with E-state index in [1.165, 1.54) is 0 Å². The summed E-state index contributed by atoms with van der Waals surface area (Å²) in [5, 5.41) is 3.33. The number of nitrogens with one attached hydrogen (secondary N) is 1. The van der Waals surface area contributed by atoms with E-state index in [4.69, 9.17) is 4.74 Å². The van der Waals surface area contributed by atoms with E-state index in [1.54, 1.807) is 0 Å². The molecule has 0 fully saturated rings. The average Bonchev–Trinajstić information content (AvgIpc) is 2.29. The molecular weight excluding hydrogens is 202 g/mol. The number of anilines is 1. The average molecular weight is 223 g/mol. The molecule has 0 bridgehead atoms. The molecule has 0 saturated carbocycles. The quantitative estimate of drug-likeness (QED) is 0.805. The van der Waals surface area contributed by atoms with Crippen LogP contribution in [-0.4, -0.2) is 22.6 Å². The van der Waals surface area contributed by atoms with Crippen LogP contribution in [0.3, 0.4) is 0 Å². The van der Waals surface area contributed by atoms with Crippen molar-refractivity contribution >= 4 is 5.82 Å². The predicted octanol–water partition coefficient (Wildman–Crippen LogP) is 2.65. The second kappa shape index (κ2) is 6.30. The third-order valence-electron chi connectivity index (χ3n) is 2.36. The second-order valence-corrected chi connectivity index (χ2v) is 3.75. The fourth-order valence-corrected chi connectivity index (χ4v) is 1.28. The Hall–Kier alpha value is -1.32. The molecule has 0 aliphatic carbocycles. The smallest absolute Gasteiger partial charge is 0.218 e. The summed E-state index contributed by atoms with van der Waals surface area (Å²) in [6.45, 7) is 8.90. The van der Waals surface area contributed by atoms with E-state index < -0.39 is 0 Å². The van der Waals surface area contributed by atoms with Crippen LogP contribution in [0.4, 0.5) is 5.82 Å². The van der Waals surface area contributed by atoms with Crippen molar-refractivity contribution in [1.82, 2.24) is 9.97 Å². The minimum Gasteiger partial charge on any atom is -0.478 e. The molecule has 1 unspecified atom stereocenters. The molecule has 4 heteroatoms. The van der Waals surface area contributed by atoms with Gasteiger partial charge in [0.25, 0.3) is 0 Å². The Balaban J connectivity index is 2.85. The van der Waals surface area contributed by atoms with Gasteiger partial charge in [-0.3, -0.25) is 0 Å². The molecule has 0 saturated heterocycles. The highest BCUT2D eigenvalue weighted by atomic mass is 16.5. The largest absolute Gasteiger partial charge is 0.478 e. The Labute approximate surface area is 97.5 Å². The van der Waals surface area contributed by atoms with Crippen LogP contribution < -0.4 is 10.1 Å². The highest BCUT2D eigenvalue weighted by Gasteiger charge is 2.06. The second-order valence-electron chi connectivity index (χ2n) is 3.75. The summed E-state index contributed by atoms with van der Waals surface area (Å²) in [4.78, 5) is 8.72. The first-order valence-corrected chi connectivity index (χ1v) is 5.96. The van der Waals surface area contributed by atoms with E-state index in [1.807, 2.05) is 19.9 Å². The van der Waals surface area contributed by atoms with Gasteiger partial charge in [-0.15, -0.1) is 0 Å². The Morgan fingerprint density at radius 2 is 2.06 bits per heavy atom. The molecule has 0 spiro atoms. The summed E-state index contributed by atoms with van der Waals surface area (Å²) in [5.41, 5.74) is 0. The molecule has 1 aromatic rings. The monoisotopic (exact) mass is 223 g/mol. The lowest BCUT2D eigenvalue weighted by Gasteiger charge is -2.13. The van der Waals surface area contributed by atoms with Crippen LogP contribution in [0, 0.1) is 0 Å². The zero-order chi connectivity index (χ0) is 12.0. The van der Waals surface area contributed by atoms with Gasteiger partial charge in [-0.05, 0) is 20.3 Å². The first kappa shape index (κ1) is 12.7. The van der Waals surface area contributed by atoms with E-state index in [2.05, 4.69) is 29.1 Å². The number of nitrogens with zero attached hydrogens (tertiary/aromatic N) is 2. The molecule has 0 radical (unpaired) electrons. The molecule has 0 aliphatic rings. The molecule has 1 N–H and O–H groups in total. The summed E-state index contributed by atoms with van der Waals surface area (Å²) < 4.78 is 5.41. The van der Waals surface area contributed by atoms with Gasteiger partial charge in [-0.25, -0.2) is 4.98 Å². The van der Waals surface area contributed by atoms with Crippen LogP contribution >= 0.6 is 0 Å². The molecule has 1 aromatic heterocycles. The van der Waals surface area contributed by atoms with Gasteiger partial charge in [0.2, 0.25) is 5.88 Å². The molecule has 1 atom stereocenters. The van der Waals surface area contributed by atoms with Crippen molar-refractivity contribution in [3.63, 3.8) is 0 Å². The summed E-state index contributed by atoms with van der Waals surface area (Å²) in [6.07, 6.45) is 1.88. The number of rotatable bonds is 6.